The van der Waals surface area contributed by atoms with Crippen LogP contribution in [0, 0.1) is 36.5 Å². The molecule has 3 aromatic carbocycles. The van der Waals surface area contributed by atoms with Gasteiger partial charge in [-0.15, -0.1) is 21.6 Å². The Balaban J connectivity index is 1.48. The summed E-state index contributed by atoms with van der Waals surface area (Å²) < 4.78 is 92.8. The molecule has 0 aliphatic heterocycles. The first-order valence-electron chi connectivity index (χ1n) is 22.6. The molecular weight excluding hydrogens is 947 g/mol. The van der Waals surface area contributed by atoms with Gasteiger partial charge in [0.15, 0.2) is 5.00 Å². The molecule has 2 atom stereocenters. The van der Waals surface area contributed by atoms with E-state index in [4.69, 9.17) is 32.8 Å². The number of nitrogens with zero attached hydrogens (tertiary/aromatic N) is 7. The highest BCUT2D eigenvalue weighted by Crippen LogP contribution is 2.37. The predicted molar refractivity (Wildman–Crippen MR) is 266 cm³/mol. The van der Waals surface area contributed by atoms with Crippen molar-refractivity contribution in [3.05, 3.63) is 112 Å². The van der Waals surface area contributed by atoms with E-state index in [9.17, 15) is 27.4 Å². The molecule has 0 aliphatic carbocycles. The van der Waals surface area contributed by atoms with Crippen molar-refractivity contribution in [1.29, 1.82) is 10.5 Å². The quantitative estimate of drug-likeness (QED) is 0.0265. The van der Waals surface area contributed by atoms with Crippen LogP contribution in [0.2, 0.25) is 0 Å². The highest BCUT2D eigenvalue weighted by atomic mass is 32.2. The van der Waals surface area contributed by atoms with Crippen LogP contribution in [-0.4, -0.2) is 153 Å². The fraction of sp³-hybridized carbons (Fsp3) is 0.500. The van der Waals surface area contributed by atoms with Gasteiger partial charge in [-0.3, -0.25) is 9.11 Å². The molecule has 0 bridgehead atoms. The first kappa shape index (κ1) is 56.9. The smallest absolute Gasteiger partial charge is 0.264 e. The molecule has 1 aromatic heterocycles. The van der Waals surface area contributed by atoms with Crippen LogP contribution in [0.3, 0.4) is 0 Å². The number of hydrogen-bond donors (Lipinski definition) is 2. The number of azo groups is 1. The van der Waals surface area contributed by atoms with Crippen molar-refractivity contribution in [1.82, 2.24) is 9.80 Å². The van der Waals surface area contributed by atoms with E-state index in [1.165, 1.54) is 0 Å². The van der Waals surface area contributed by atoms with Gasteiger partial charge in [0.05, 0.1) is 75.6 Å². The monoisotopic (exact) mass is 1010 g/mol. The number of hydrogen-bond acceptors (Lipinski definition) is 17. The van der Waals surface area contributed by atoms with Crippen molar-refractivity contribution in [3.8, 4) is 12.1 Å². The summed E-state index contributed by atoms with van der Waals surface area (Å²) >= 11 is 1.13. The summed E-state index contributed by atoms with van der Waals surface area (Å²) in [6.45, 7) is 9.54. The number of likely N-dealkylation sites (N-methyl/N-ethyl adjacent to an activating group) is 2. The minimum Gasteiger partial charge on any atom is -0.378 e. The lowest BCUT2D eigenvalue weighted by Gasteiger charge is -2.33. The number of aryl methyl sites for hydroxylation is 1. The molecule has 0 radical (unpaired) electrons. The average Bonchev–Trinajstić information content (AvgIpc) is 3.63. The van der Waals surface area contributed by atoms with Crippen LogP contribution >= 0.6 is 11.3 Å². The van der Waals surface area contributed by atoms with E-state index in [1.54, 1.807) is 6.92 Å². The molecule has 0 saturated heterocycles. The standard InChI is InChI=1S/C48H65N7O11S3/c1-38-33-42(17-18-44(38)51-52-48-43(34-49)39(2)47(35-50)67-48)55(36-45(40-13-7-5-8-14-40)65-29-27-63-24-22-54(4)20-12-32-69(59,60)61)37-46(41-15-9-6-10-16-41)66-30-28-64-26-25-62-23-21-53(3)19-11-31-68(56,57)58/h5-10,13-18,33,45-46H,11-12,19-32,36-37H2,1-4H3,(H,56,57,58)(H,59,60,61)/b52-51+. The zero-order chi connectivity index (χ0) is 50.1. The van der Waals surface area contributed by atoms with E-state index in [0.717, 1.165) is 33.7 Å². The summed E-state index contributed by atoms with van der Waals surface area (Å²) in [5.41, 5.74) is 5.17. The predicted octanol–water partition coefficient (Wildman–Crippen LogP) is 7.32. The lowest BCUT2D eigenvalue weighted by atomic mass is 10.1. The number of anilines is 1. The van der Waals surface area contributed by atoms with Gasteiger partial charge in [0.1, 0.15) is 29.2 Å². The van der Waals surface area contributed by atoms with Crippen LogP contribution in [0.4, 0.5) is 16.4 Å². The molecule has 0 spiro atoms. The number of nitriles is 2. The van der Waals surface area contributed by atoms with Crippen molar-refractivity contribution in [2.24, 2.45) is 10.2 Å². The lowest BCUT2D eigenvalue weighted by Crippen LogP contribution is -2.35. The maximum Gasteiger partial charge on any atom is 0.264 e. The van der Waals surface area contributed by atoms with Gasteiger partial charge in [0.25, 0.3) is 20.2 Å². The molecule has 0 amide bonds. The SMILES string of the molecule is Cc1cc(N(CC(OCCOCCOCCN(C)CCCS(=O)(=O)O)c2ccccc2)CC(OCCOCCN(C)CCCS(=O)(=O)O)c2ccccc2)ccc1/N=N/c1sc(C#N)c(C)c1C#N. The maximum absolute atomic E-state index is 11.1. The molecule has 376 valence electrons. The Morgan fingerprint density at radius 1 is 0.638 bits per heavy atom. The van der Waals surface area contributed by atoms with Gasteiger partial charge < -0.3 is 38.4 Å². The molecule has 0 saturated carbocycles. The number of thiophene rings is 1. The minimum atomic E-state index is -4.00. The highest BCUT2D eigenvalue weighted by molar-refractivity contribution is 7.86. The Kier molecular flexibility index (Phi) is 24.8. The summed E-state index contributed by atoms with van der Waals surface area (Å²) in [6, 6.07) is 30.0. The van der Waals surface area contributed by atoms with Gasteiger partial charge in [-0.2, -0.15) is 27.4 Å². The van der Waals surface area contributed by atoms with E-state index in [1.807, 2.05) is 110 Å². The zero-order valence-electron chi connectivity index (χ0n) is 39.8. The van der Waals surface area contributed by atoms with Crippen LogP contribution in [0.1, 0.15) is 57.7 Å². The lowest BCUT2D eigenvalue weighted by molar-refractivity contribution is -0.0141. The van der Waals surface area contributed by atoms with Crippen LogP contribution in [-0.2, 0) is 43.9 Å². The Morgan fingerprint density at radius 2 is 1.12 bits per heavy atom. The molecule has 18 nitrogen and oxygen atoms in total. The minimum absolute atomic E-state index is 0.277. The summed E-state index contributed by atoms with van der Waals surface area (Å²) in [6.07, 6.45) is -0.138. The molecule has 2 unspecified atom stereocenters. The molecule has 21 heteroatoms. The van der Waals surface area contributed by atoms with Gasteiger partial charge in [-0.1, -0.05) is 60.7 Å². The van der Waals surface area contributed by atoms with Crippen molar-refractivity contribution >= 4 is 47.9 Å². The number of rotatable bonds is 34. The van der Waals surface area contributed by atoms with Gasteiger partial charge in [-0.05, 0) is 94.3 Å². The second-order valence-corrected chi connectivity index (χ2v) is 20.4. The summed E-state index contributed by atoms with van der Waals surface area (Å²) in [5.74, 6) is -0.567. The first-order chi connectivity index (χ1) is 33.1. The van der Waals surface area contributed by atoms with Crippen LogP contribution < -0.4 is 4.90 Å². The first-order valence-corrected chi connectivity index (χ1v) is 26.6. The van der Waals surface area contributed by atoms with E-state index in [2.05, 4.69) is 27.3 Å². The molecule has 69 heavy (non-hydrogen) atoms. The molecule has 4 aromatic rings. The third kappa shape index (κ3) is 21.9. The Bertz CT molecular complexity index is 2480. The van der Waals surface area contributed by atoms with Gasteiger partial charge in [0, 0.05) is 31.9 Å². The van der Waals surface area contributed by atoms with E-state index in [0.29, 0.717) is 132 Å². The number of ether oxygens (including phenoxy) is 5. The van der Waals surface area contributed by atoms with Crippen molar-refractivity contribution in [3.63, 3.8) is 0 Å². The third-order valence-electron chi connectivity index (χ3n) is 10.8. The third-order valence-corrected chi connectivity index (χ3v) is 13.5. The van der Waals surface area contributed by atoms with Crippen LogP contribution in [0.15, 0.2) is 89.1 Å². The summed E-state index contributed by atoms with van der Waals surface area (Å²) in [4.78, 5) is 6.52. The van der Waals surface area contributed by atoms with E-state index < -0.39 is 32.4 Å². The van der Waals surface area contributed by atoms with Crippen LogP contribution in [0.5, 0.6) is 0 Å². The average molecular weight is 1010 g/mol. The van der Waals surface area contributed by atoms with Crippen molar-refractivity contribution in [2.75, 3.05) is 123 Å². The highest BCUT2D eigenvalue weighted by Gasteiger charge is 2.24. The fourth-order valence-corrected chi connectivity index (χ4v) is 8.87. The van der Waals surface area contributed by atoms with Gasteiger partial charge in [-0.25, -0.2) is 0 Å². The molecule has 4 rings (SSSR count). The van der Waals surface area contributed by atoms with E-state index in [-0.39, 0.29) is 11.5 Å². The molecular formula is C48H65N7O11S3. The second kappa shape index (κ2) is 30.1. The van der Waals surface area contributed by atoms with Crippen LogP contribution in [0.25, 0.3) is 0 Å². The second-order valence-electron chi connectivity index (χ2n) is 16.3. The zero-order valence-corrected chi connectivity index (χ0v) is 42.3. The summed E-state index contributed by atoms with van der Waals surface area (Å²) in [7, 11) is -4.25. The molecule has 2 N–H and O–H groups in total. The van der Waals surface area contributed by atoms with Crippen molar-refractivity contribution in [2.45, 2.75) is 38.9 Å². The van der Waals surface area contributed by atoms with Crippen molar-refractivity contribution < 1.29 is 49.6 Å². The number of benzene rings is 3. The molecule has 1 heterocycles. The Hall–Kier alpha value is -4.72. The topological polar surface area (TPSA) is 237 Å². The maximum atomic E-state index is 11.1. The summed E-state index contributed by atoms with van der Waals surface area (Å²) in [5, 5.41) is 28.6. The van der Waals surface area contributed by atoms with Gasteiger partial charge in [0.2, 0.25) is 0 Å². The fourth-order valence-electron chi connectivity index (χ4n) is 7.01. The van der Waals surface area contributed by atoms with Gasteiger partial charge >= 0.3 is 0 Å². The molecule has 0 aliphatic rings. The molecule has 0 fully saturated rings. The largest absolute Gasteiger partial charge is 0.378 e. The Labute approximate surface area is 411 Å². The van der Waals surface area contributed by atoms with E-state index >= 15 is 0 Å². The Morgan fingerprint density at radius 3 is 1.57 bits per heavy atom. The normalized spacial score (nSPS) is 13.0.